The van der Waals surface area contributed by atoms with Gasteiger partial charge in [-0.25, -0.2) is 4.98 Å². The van der Waals surface area contributed by atoms with E-state index in [0.29, 0.717) is 5.82 Å². The Hall–Kier alpha value is -1.85. The van der Waals surface area contributed by atoms with E-state index in [1.165, 1.54) is 10.4 Å². The van der Waals surface area contributed by atoms with Crippen LogP contribution in [0, 0.1) is 13.8 Å². The number of nitrogens with one attached hydrogen (secondary N) is 1. The lowest BCUT2D eigenvalue weighted by atomic mass is 10.2. The lowest BCUT2D eigenvalue weighted by Crippen LogP contribution is -1.98. The van der Waals surface area contributed by atoms with Gasteiger partial charge in [-0.15, -0.1) is 11.3 Å². The number of rotatable bonds is 3. The molecule has 3 rings (SSSR count). The second-order valence-electron chi connectivity index (χ2n) is 4.63. The number of thiophene rings is 1. The summed E-state index contributed by atoms with van der Waals surface area (Å²) in [6.07, 6.45) is 0. The third-order valence-corrected chi connectivity index (χ3v) is 4.63. The summed E-state index contributed by atoms with van der Waals surface area (Å²) in [5.74, 6) is 1.46. The molecule has 0 bridgehead atoms. The third kappa shape index (κ3) is 2.54. The van der Waals surface area contributed by atoms with E-state index in [1.54, 1.807) is 18.4 Å². The van der Waals surface area contributed by atoms with Crippen molar-refractivity contribution in [1.82, 2.24) is 9.97 Å². The van der Waals surface area contributed by atoms with E-state index in [2.05, 4.69) is 29.1 Å². The number of nitrogens with zero attached hydrogens (tertiary/aromatic N) is 2. The maximum Gasteiger partial charge on any atom is 0.225 e. The Kier molecular flexibility index (Phi) is 3.69. The maximum atomic E-state index is 6.04. The smallest absolute Gasteiger partial charge is 0.225 e. The average molecular weight is 320 g/mol. The Morgan fingerprint density at radius 2 is 1.95 bits per heavy atom. The topological polar surface area (TPSA) is 47.0 Å². The molecule has 0 aliphatic rings. The molecule has 0 saturated heterocycles. The Morgan fingerprint density at radius 1 is 1.19 bits per heavy atom. The van der Waals surface area contributed by atoms with E-state index in [0.717, 1.165) is 21.7 Å². The van der Waals surface area contributed by atoms with Gasteiger partial charge in [-0.2, -0.15) is 4.98 Å². The molecule has 0 radical (unpaired) electrons. The first-order valence-electron chi connectivity index (χ1n) is 6.43. The molecule has 4 nitrogen and oxygen atoms in total. The van der Waals surface area contributed by atoms with E-state index in [9.17, 15) is 0 Å². The quantitative estimate of drug-likeness (QED) is 0.710. The second-order valence-corrected chi connectivity index (χ2v) is 6.17. The van der Waals surface area contributed by atoms with Crippen molar-refractivity contribution < 1.29 is 4.74 Å². The van der Waals surface area contributed by atoms with Gasteiger partial charge in [0, 0.05) is 4.88 Å². The molecule has 3 aromatic rings. The van der Waals surface area contributed by atoms with Crippen molar-refractivity contribution in [2.45, 2.75) is 13.8 Å². The minimum Gasteiger partial charge on any atom is -0.495 e. The zero-order valence-corrected chi connectivity index (χ0v) is 13.5. The molecule has 0 saturated carbocycles. The number of ether oxygens (including phenoxy) is 1. The number of aryl methyl sites for hydroxylation is 2. The van der Waals surface area contributed by atoms with Gasteiger partial charge in [-0.3, -0.25) is 0 Å². The number of anilines is 2. The van der Waals surface area contributed by atoms with Crippen LogP contribution in [0.2, 0.25) is 5.28 Å². The summed E-state index contributed by atoms with van der Waals surface area (Å²) in [5, 5.41) is 4.55. The van der Waals surface area contributed by atoms with Crippen LogP contribution in [-0.2, 0) is 0 Å². The largest absolute Gasteiger partial charge is 0.495 e. The Labute approximate surface area is 131 Å². The highest BCUT2D eigenvalue weighted by Crippen LogP contribution is 2.36. The number of hydrogen-bond donors (Lipinski definition) is 1. The van der Waals surface area contributed by atoms with Crippen molar-refractivity contribution in [1.29, 1.82) is 0 Å². The van der Waals surface area contributed by atoms with Gasteiger partial charge in [0.15, 0.2) is 0 Å². The number of fused-ring (bicyclic) bond motifs is 1. The fourth-order valence-electron chi connectivity index (χ4n) is 2.19. The molecule has 0 fully saturated rings. The van der Waals surface area contributed by atoms with E-state index in [4.69, 9.17) is 16.3 Å². The predicted molar refractivity (Wildman–Crippen MR) is 88.2 cm³/mol. The number of aromatic nitrogens is 2. The molecular formula is C15H14ClN3OS. The van der Waals surface area contributed by atoms with Crippen LogP contribution >= 0.6 is 22.9 Å². The van der Waals surface area contributed by atoms with Gasteiger partial charge in [0.25, 0.3) is 0 Å². The first-order valence-corrected chi connectivity index (χ1v) is 7.63. The van der Waals surface area contributed by atoms with Gasteiger partial charge in [0.05, 0.1) is 18.2 Å². The zero-order chi connectivity index (χ0) is 15.0. The van der Waals surface area contributed by atoms with Crippen LogP contribution in [0.4, 0.5) is 11.5 Å². The summed E-state index contributed by atoms with van der Waals surface area (Å²) in [4.78, 5) is 10.7. The minimum atomic E-state index is 0.237. The predicted octanol–water partition coefficient (Wildman–Crippen LogP) is 4.71. The van der Waals surface area contributed by atoms with Crippen LogP contribution in [0.15, 0.2) is 24.3 Å². The van der Waals surface area contributed by atoms with Crippen LogP contribution in [0.5, 0.6) is 5.75 Å². The van der Waals surface area contributed by atoms with Gasteiger partial charge in [-0.05, 0) is 43.1 Å². The summed E-state index contributed by atoms with van der Waals surface area (Å²) >= 11 is 7.66. The standard InChI is InChI=1S/C15H14ClN3OS/c1-8-9(2)21-14-12(8)13(18-15(16)19-14)17-10-6-4-5-7-11(10)20-3/h4-7H,1-3H3,(H,17,18,19). The molecule has 0 unspecified atom stereocenters. The number of hydrogen-bond acceptors (Lipinski definition) is 5. The molecule has 0 aliphatic carbocycles. The van der Waals surface area contributed by atoms with Gasteiger partial charge in [-0.1, -0.05) is 12.1 Å². The molecule has 0 atom stereocenters. The van der Waals surface area contributed by atoms with E-state index in [-0.39, 0.29) is 5.28 Å². The molecule has 1 aromatic carbocycles. The summed E-state index contributed by atoms with van der Waals surface area (Å²) in [5.41, 5.74) is 2.02. The first kappa shape index (κ1) is 14.1. The van der Waals surface area contributed by atoms with Gasteiger partial charge >= 0.3 is 0 Å². The average Bonchev–Trinajstić information content (AvgIpc) is 2.74. The number of para-hydroxylation sites is 2. The van der Waals surface area contributed by atoms with Crippen molar-refractivity contribution in [3.63, 3.8) is 0 Å². The number of halogens is 1. The molecule has 1 N–H and O–H groups in total. The molecule has 6 heteroatoms. The summed E-state index contributed by atoms with van der Waals surface area (Å²) in [7, 11) is 1.64. The van der Waals surface area contributed by atoms with Crippen LogP contribution in [0.3, 0.4) is 0 Å². The van der Waals surface area contributed by atoms with Crippen LogP contribution in [0.25, 0.3) is 10.2 Å². The molecule has 108 valence electrons. The molecule has 21 heavy (non-hydrogen) atoms. The molecule has 0 spiro atoms. The SMILES string of the molecule is COc1ccccc1Nc1nc(Cl)nc2sc(C)c(C)c12. The summed E-state index contributed by atoms with van der Waals surface area (Å²) in [6, 6.07) is 7.70. The van der Waals surface area contributed by atoms with Crippen LogP contribution < -0.4 is 10.1 Å². The molecule has 0 amide bonds. The highest BCUT2D eigenvalue weighted by Gasteiger charge is 2.15. The number of benzene rings is 1. The highest BCUT2D eigenvalue weighted by atomic mass is 35.5. The highest BCUT2D eigenvalue weighted by molar-refractivity contribution is 7.18. The van der Waals surface area contributed by atoms with Crippen molar-refractivity contribution in [3.05, 3.63) is 40.0 Å². The normalized spacial score (nSPS) is 10.9. The lowest BCUT2D eigenvalue weighted by molar-refractivity contribution is 0.417. The van der Waals surface area contributed by atoms with Crippen molar-refractivity contribution in [2.75, 3.05) is 12.4 Å². The fraction of sp³-hybridized carbons (Fsp3) is 0.200. The Morgan fingerprint density at radius 3 is 2.71 bits per heavy atom. The van der Waals surface area contributed by atoms with Gasteiger partial charge in [0.1, 0.15) is 16.4 Å². The molecule has 2 aromatic heterocycles. The summed E-state index contributed by atoms with van der Waals surface area (Å²) < 4.78 is 5.36. The summed E-state index contributed by atoms with van der Waals surface area (Å²) in [6.45, 7) is 4.14. The van der Waals surface area contributed by atoms with E-state index < -0.39 is 0 Å². The monoisotopic (exact) mass is 319 g/mol. The third-order valence-electron chi connectivity index (χ3n) is 3.36. The van der Waals surface area contributed by atoms with Crippen molar-refractivity contribution in [2.24, 2.45) is 0 Å². The Bertz CT molecular complexity index is 816. The molecule has 0 aliphatic heterocycles. The maximum absolute atomic E-state index is 6.04. The molecule has 2 heterocycles. The van der Waals surface area contributed by atoms with Gasteiger partial charge < -0.3 is 10.1 Å². The fourth-order valence-corrected chi connectivity index (χ4v) is 3.44. The van der Waals surface area contributed by atoms with Crippen LogP contribution in [0.1, 0.15) is 10.4 Å². The first-order chi connectivity index (χ1) is 10.1. The zero-order valence-electron chi connectivity index (χ0n) is 11.9. The molecular weight excluding hydrogens is 306 g/mol. The van der Waals surface area contributed by atoms with E-state index in [1.807, 2.05) is 24.3 Å². The lowest BCUT2D eigenvalue weighted by Gasteiger charge is -2.11. The van der Waals surface area contributed by atoms with Crippen molar-refractivity contribution in [3.8, 4) is 5.75 Å². The van der Waals surface area contributed by atoms with E-state index >= 15 is 0 Å². The second kappa shape index (κ2) is 5.50. The van der Waals surface area contributed by atoms with Crippen LogP contribution in [-0.4, -0.2) is 17.1 Å². The number of methoxy groups -OCH3 is 1. The Balaban J connectivity index is 2.16. The van der Waals surface area contributed by atoms with Gasteiger partial charge in [0.2, 0.25) is 5.28 Å². The van der Waals surface area contributed by atoms with Crippen molar-refractivity contribution >= 4 is 44.7 Å². The minimum absolute atomic E-state index is 0.237.